The fraction of sp³-hybridized carbons (Fsp3) is 0.385. The number of amides is 1. The van der Waals surface area contributed by atoms with Crippen LogP contribution in [0, 0.1) is 19.3 Å². The van der Waals surface area contributed by atoms with Crippen molar-refractivity contribution in [2.75, 3.05) is 6.54 Å². The molecule has 0 saturated carbocycles. The van der Waals surface area contributed by atoms with Gasteiger partial charge in [-0.15, -0.1) is 0 Å². The van der Waals surface area contributed by atoms with Crippen molar-refractivity contribution in [3.63, 3.8) is 0 Å². The lowest BCUT2D eigenvalue weighted by Gasteiger charge is -2.18. The lowest BCUT2D eigenvalue weighted by molar-refractivity contribution is -0.121. The van der Waals surface area contributed by atoms with E-state index in [1.807, 2.05) is 6.92 Å². The summed E-state index contributed by atoms with van der Waals surface area (Å²) in [6.07, 6.45) is 2.19. The maximum absolute atomic E-state index is 12.2. The Balaban J connectivity index is 1.74. The molecule has 0 radical (unpaired) electrons. The maximum Gasteiger partial charge on any atom is 0.220 e. The first-order chi connectivity index (χ1) is 13.7. The molecule has 0 spiro atoms. The number of fused-ring (bicyclic) bond motifs is 1. The number of hydrogen-bond donors (Lipinski definition) is 1. The van der Waals surface area contributed by atoms with Crippen molar-refractivity contribution in [3.05, 3.63) is 65.4 Å². The molecule has 3 rings (SSSR count). The lowest BCUT2D eigenvalue weighted by Crippen LogP contribution is -2.27. The Hall–Kier alpha value is -2.68. The number of benzene rings is 2. The van der Waals surface area contributed by atoms with Gasteiger partial charge in [-0.25, -0.2) is 0 Å². The van der Waals surface area contributed by atoms with Gasteiger partial charge in [0.15, 0.2) is 0 Å². The average Bonchev–Trinajstić information content (AvgIpc) is 2.65. The van der Waals surface area contributed by atoms with Gasteiger partial charge in [0, 0.05) is 24.0 Å². The van der Waals surface area contributed by atoms with Crippen molar-refractivity contribution in [1.29, 1.82) is 0 Å². The number of nitrogens with one attached hydrogen (secondary N) is 1. The van der Waals surface area contributed by atoms with E-state index in [-0.39, 0.29) is 11.3 Å². The second-order valence-electron chi connectivity index (χ2n) is 9.12. The van der Waals surface area contributed by atoms with Crippen LogP contribution in [0.2, 0.25) is 0 Å². The third kappa shape index (κ3) is 5.66. The Labute approximate surface area is 174 Å². The molecule has 0 aliphatic rings. The van der Waals surface area contributed by atoms with Crippen LogP contribution in [0.15, 0.2) is 48.5 Å². The number of aryl methyl sites for hydroxylation is 3. The number of carbonyl (C=O) groups excluding carboxylic acids is 1. The SMILES string of the molecule is Cc1ccccc1-c1ccc2nc(C)c(CCC(=O)NCCC(C)(C)C)cc2c1. The summed E-state index contributed by atoms with van der Waals surface area (Å²) in [5.41, 5.74) is 7.09. The van der Waals surface area contributed by atoms with Gasteiger partial charge in [0.05, 0.1) is 5.52 Å². The van der Waals surface area contributed by atoms with Crippen LogP contribution in [0.25, 0.3) is 22.0 Å². The average molecular weight is 389 g/mol. The van der Waals surface area contributed by atoms with Gasteiger partial charge in [0.1, 0.15) is 0 Å². The van der Waals surface area contributed by atoms with Crippen LogP contribution in [0.3, 0.4) is 0 Å². The van der Waals surface area contributed by atoms with Crippen molar-refractivity contribution in [1.82, 2.24) is 10.3 Å². The molecular formula is C26H32N2O. The van der Waals surface area contributed by atoms with E-state index in [9.17, 15) is 4.79 Å². The topological polar surface area (TPSA) is 42.0 Å². The molecule has 1 heterocycles. The first-order valence-corrected chi connectivity index (χ1v) is 10.5. The third-order valence-electron chi connectivity index (χ3n) is 5.38. The molecule has 152 valence electrons. The minimum absolute atomic E-state index is 0.113. The molecule has 0 atom stereocenters. The molecule has 3 heteroatoms. The van der Waals surface area contributed by atoms with Crippen LogP contribution in [-0.2, 0) is 11.2 Å². The van der Waals surface area contributed by atoms with Crippen LogP contribution in [-0.4, -0.2) is 17.4 Å². The summed E-state index contributed by atoms with van der Waals surface area (Å²) in [5, 5.41) is 4.17. The van der Waals surface area contributed by atoms with Crippen LogP contribution in [0.1, 0.15) is 50.4 Å². The van der Waals surface area contributed by atoms with Crippen molar-refractivity contribution in [2.24, 2.45) is 5.41 Å². The van der Waals surface area contributed by atoms with Crippen molar-refractivity contribution < 1.29 is 4.79 Å². The Bertz CT molecular complexity index is 1010. The zero-order valence-electron chi connectivity index (χ0n) is 18.3. The van der Waals surface area contributed by atoms with E-state index in [0.29, 0.717) is 12.8 Å². The standard InChI is InChI=1S/C26H32N2O/c1-18-8-6-7-9-23(18)21-10-12-24-22(17-21)16-20(19(2)28-24)11-13-25(29)27-15-14-26(3,4)5/h6-10,12,16-17H,11,13-15H2,1-5H3,(H,27,29). The molecule has 1 N–H and O–H groups in total. The van der Waals surface area contributed by atoms with Crippen molar-refractivity contribution in [2.45, 2.75) is 53.9 Å². The first kappa shape index (κ1) is 21.0. The molecule has 0 bridgehead atoms. The van der Waals surface area contributed by atoms with Crippen molar-refractivity contribution in [3.8, 4) is 11.1 Å². The molecule has 0 aliphatic carbocycles. The third-order valence-corrected chi connectivity index (χ3v) is 5.38. The Kier molecular flexibility index (Phi) is 6.36. The van der Waals surface area contributed by atoms with E-state index in [2.05, 4.69) is 81.5 Å². The molecule has 3 aromatic rings. The molecular weight excluding hydrogens is 356 g/mol. The van der Waals surface area contributed by atoms with Gasteiger partial charge < -0.3 is 5.32 Å². The summed E-state index contributed by atoms with van der Waals surface area (Å²) in [4.78, 5) is 17.0. The minimum Gasteiger partial charge on any atom is -0.356 e. The second-order valence-corrected chi connectivity index (χ2v) is 9.12. The van der Waals surface area contributed by atoms with Crippen LogP contribution in [0.4, 0.5) is 0 Å². The highest BCUT2D eigenvalue weighted by atomic mass is 16.1. The van der Waals surface area contributed by atoms with E-state index in [1.54, 1.807) is 0 Å². The molecule has 29 heavy (non-hydrogen) atoms. The number of aromatic nitrogens is 1. The van der Waals surface area contributed by atoms with Gasteiger partial charge in [-0.1, -0.05) is 51.1 Å². The van der Waals surface area contributed by atoms with E-state index in [0.717, 1.165) is 35.1 Å². The molecule has 1 amide bonds. The molecule has 0 fully saturated rings. The largest absolute Gasteiger partial charge is 0.356 e. The number of nitrogens with zero attached hydrogens (tertiary/aromatic N) is 1. The van der Waals surface area contributed by atoms with Crippen molar-refractivity contribution >= 4 is 16.8 Å². The maximum atomic E-state index is 12.2. The number of carbonyl (C=O) groups is 1. The Morgan fingerprint density at radius 3 is 2.52 bits per heavy atom. The smallest absolute Gasteiger partial charge is 0.220 e. The van der Waals surface area contributed by atoms with E-state index in [4.69, 9.17) is 4.98 Å². The lowest BCUT2D eigenvalue weighted by atomic mass is 9.92. The highest BCUT2D eigenvalue weighted by Crippen LogP contribution is 2.27. The van der Waals surface area contributed by atoms with Gasteiger partial charge in [0.25, 0.3) is 0 Å². The van der Waals surface area contributed by atoms with Gasteiger partial charge in [-0.05, 0) is 72.6 Å². The molecule has 1 aromatic heterocycles. The summed E-state index contributed by atoms with van der Waals surface area (Å²) >= 11 is 0. The molecule has 2 aromatic carbocycles. The number of rotatable bonds is 6. The molecule has 0 saturated heterocycles. The molecule has 3 nitrogen and oxygen atoms in total. The monoisotopic (exact) mass is 388 g/mol. The van der Waals surface area contributed by atoms with Gasteiger partial charge in [0.2, 0.25) is 5.91 Å². The molecule has 0 unspecified atom stereocenters. The zero-order valence-corrected chi connectivity index (χ0v) is 18.3. The Morgan fingerprint density at radius 2 is 1.79 bits per heavy atom. The van der Waals surface area contributed by atoms with E-state index < -0.39 is 0 Å². The highest BCUT2D eigenvalue weighted by molar-refractivity contribution is 5.86. The number of hydrogen-bond acceptors (Lipinski definition) is 2. The van der Waals surface area contributed by atoms with Gasteiger partial charge >= 0.3 is 0 Å². The normalized spacial score (nSPS) is 11.6. The number of pyridine rings is 1. The Morgan fingerprint density at radius 1 is 1.03 bits per heavy atom. The fourth-order valence-corrected chi connectivity index (χ4v) is 3.55. The summed E-state index contributed by atoms with van der Waals surface area (Å²) in [6, 6.07) is 17.1. The summed E-state index contributed by atoms with van der Waals surface area (Å²) in [5.74, 6) is 0.113. The van der Waals surface area contributed by atoms with Crippen LogP contribution >= 0.6 is 0 Å². The highest BCUT2D eigenvalue weighted by Gasteiger charge is 2.12. The second kappa shape index (κ2) is 8.77. The summed E-state index contributed by atoms with van der Waals surface area (Å²) < 4.78 is 0. The predicted octanol–water partition coefficient (Wildman–Crippen LogP) is 6.00. The summed E-state index contributed by atoms with van der Waals surface area (Å²) in [7, 11) is 0. The predicted molar refractivity (Wildman–Crippen MR) is 122 cm³/mol. The zero-order chi connectivity index (χ0) is 21.0. The quantitative estimate of drug-likeness (QED) is 0.562. The first-order valence-electron chi connectivity index (χ1n) is 10.5. The summed E-state index contributed by atoms with van der Waals surface area (Å²) in [6.45, 7) is 11.5. The van der Waals surface area contributed by atoms with Crippen LogP contribution in [0.5, 0.6) is 0 Å². The fourth-order valence-electron chi connectivity index (χ4n) is 3.55. The van der Waals surface area contributed by atoms with Gasteiger partial charge in [-0.3, -0.25) is 9.78 Å². The van der Waals surface area contributed by atoms with E-state index >= 15 is 0 Å². The van der Waals surface area contributed by atoms with Crippen LogP contribution < -0.4 is 5.32 Å². The van der Waals surface area contributed by atoms with E-state index in [1.165, 1.54) is 16.7 Å². The van der Waals surface area contributed by atoms with Gasteiger partial charge in [-0.2, -0.15) is 0 Å². The molecule has 0 aliphatic heterocycles. The minimum atomic E-state index is 0.113.